The first-order chi connectivity index (χ1) is 12.6. The molecule has 0 radical (unpaired) electrons. The van der Waals surface area contributed by atoms with Gasteiger partial charge in [0.25, 0.3) is 0 Å². The molecule has 0 bridgehead atoms. The molecule has 2 heterocycles. The van der Waals surface area contributed by atoms with Crippen LogP contribution in [0.1, 0.15) is 24.0 Å². The minimum Gasteiger partial charge on any atom is -0.504 e. The molecule has 1 saturated heterocycles. The van der Waals surface area contributed by atoms with Gasteiger partial charge in [-0.1, -0.05) is 24.3 Å². The number of aryl methyl sites for hydroxylation is 1. The predicted octanol–water partition coefficient (Wildman–Crippen LogP) is 3.66. The molecular formula is C22H28N2O2. The summed E-state index contributed by atoms with van der Waals surface area (Å²) in [6, 6.07) is 13.0. The molecule has 4 heteroatoms. The molecule has 2 aromatic carbocycles. The molecule has 26 heavy (non-hydrogen) atoms. The minimum absolute atomic E-state index is 0.256. The quantitative estimate of drug-likeness (QED) is 0.895. The molecule has 4 nitrogen and oxygen atoms in total. The average Bonchev–Trinajstić information content (AvgIpc) is 2.85. The molecule has 0 aliphatic carbocycles. The summed E-state index contributed by atoms with van der Waals surface area (Å²) in [5.74, 6) is 0.920. The third-order valence-corrected chi connectivity index (χ3v) is 5.81. The Morgan fingerprint density at radius 2 is 1.85 bits per heavy atom. The number of nitrogens with zero attached hydrogens (tertiary/aromatic N) is 2. The SMILES string of the molecule is Cc1ccccc1-c1cc(O)c2c(c1)CN(C1CCN(C)CC1)CCO2. The summed E-state index contributed by atoms with van der Waals surface area (Å²) in [6.07, 6.45) is 2.41. The number of hydrogen-bond acceptors (Lipinski definition) is 4. The van der Waals surface area contributed by atoms with Crippen LogP contribution in [0.15, 0.2) is 36.4 Å². The molecule has 1 N–H and O–H groups in total. The van der Waals surface area contributed by atoms with Crippen LogP contribution >= 0.6 is 0 Å². The van der Waals surface area contributed by atoms with Gasteiger partial charge in [-0.2, -0.15) is 0 Å². The monoisotopic (exact) mass is 352 g/mol. The Labute approximate surface area is 156 Å². The van der Waals surface area contributed by atoms with E-state index in [0.717, 1.165) is 37.3 Å². The first kappa shape index (κ1) is 17.4. The Morgan fingerprint density at radius 3 is 2.62 bits per heavy atom. The fourth-order valence-corrected chi connectivity index (χ4v) is 4.24. The molecule has 4 rings (SSSR count). The molecule has 0 amide bonds. The standard InChI is InChI=1S/C22H28N2O2/c1-16-5-3-4-6-20(16)17-13-18-15-24(19-7-9-23(2)10-8-19)11-12-26-22(18)21(25)14-17/h3-6,13-14,19,25H,7-12,15H2,1-2H3. The molecule has 0 saturated carbocycles. The maximum atomic E-state index is 10.6. The Hall–Kier alpha value is -2.04. The smallest absolute Gasteiger partial charge is 0.165 e. The van der Waals surface area contributed by atoms with E-state index in [9.17, 15) is 5.11 Å². The second kappa shape index (κ2) is 7.29. The maximum Gasteiger partial charge on any atom is 0.165 e. The largest absolute Gasteiger partial charge is 0.504 e. The predicted molar refractivity (Wildman–Crippen MR) is 105 cm³/mol. The number of likely N-dealkylation sites (tertiary alicyclic amines) is 1. The van der Waals surface area contributed by atoms with E-state index in [1.807, 2.05) is 18.2 Å². The van der Waals surface area contributed by atoms with E-state index in [1.165, 1.54) is 24.0 Å². The first-order valence-corrected chi connectivity index (χ1v) is 9.59. The molecule has 0 aromatic heterocycles. The number of phenols is 1. The lowest BCUT2D eigenvalue weighted by atomic mass is 9.97. The molecule has 2 aliphatic rings. The van der Waals surface area contributed by atoms with Crippen molar-refractivity contribution < 1.29 is 9.84 Å². The van der Waals surface area contributed by atoms with Crippen LogP contribution in [0.4, 0.5) is 0 Å². The van der Waals surface area contributed by atoms with E-state index in [4.69, 9.17) is 4.74 Å². The van der Waals surface area contributed by atoms with Crippen LogP contribution in [0.25, 0.3) is 11.1 Å². The minimum atomic E-state index is 0.256. The van der Waals surface area contributed by atoms with Crippen molar-refractivity contribution in [2.75, 3.05) is 33.3 Å². The van der Waals surface area contributed by atoms with Crippen LogP contribution in [0, 0.1) is 6.92 Å². The van der Waals surface area contributed by atoms with Gasteiger partial charge in [0, 0.05) is 24.7 Å². The van der Waals surface area contributed by atoms with Gasteiger partial charge in [0.1, 0.15) is 6.61 Å². The van der Waals surface area contributed by atoms with Crippen molar-refractivity contribution in [3.8, 4) is 22.6 Å². The number of piperidine rings is 1. The number of aromatic hydroxyl groups is 1. The van der Waals surface area contributed by atoms with Gasteiger partial charge >= 0.3 is 0 Å². The highest BCUT2D eigenvalue weighted by Gasteiger charge is 2.27. The van der Waals surface area contributed by atoms with Crippen LogP contribution in [-0.4, -0.2) is 54.2 Å². The van der Waals surface area contributed by atoms with Gasteiger partial charge in [0.05, 0.1) is 0 Å². The first-order valence-electron chi connectivity index (χ1n) is 9.59. The number of rotatable bonds is 2. The number of ether oxygens (including phenoxy) is 1. The zero-order valence-corrected chi connectivity index (χ0v) is 15.7. The van der Waals surface area contributed by atoms with E-state index in [-0.39, 0.29) is 5.75 Å². The van der Waals surface area contributed by atoms with Crippen molar-refractivity contribution in [2.24, 2.45) is 0 Å². The molecule has 0 spiro atoms. The molecule has 0 atom stereocenters. The lowest BCUT2D eigenvalue weighted by Gasteiger charge is -2.36. The van der Waals surface area contributed by atoms with Crippen molar-refractivity contribution in [3.63, 3.8) is 0 Å². The lowest BCUT2D eigenvalue weighted by molar-refractivity contribution is 0.107. The van der Waals surface area contributed by atoms with Crippen molar-refractivity contribution in [1.82, 2.24) is 9.80 Å². The zero-order chi connectivity index (χ0) is 18.1. The van der Waals surface area contributed by atoms with Gasteiger partial charge in [0.15, 0.2) is 11.5 Å². The van der Waals surface area contributed by atoms with Crippen molar-refractivity contribution in [3.05, 3.63) is 47.5 Å². The average molecular weight is 352 g/mol. The fourth-order valence-electron chi connectivity index (χ4n) is 4.24. The van der Waals surface area contributed by atoms with E-state index in [2.05, 4.69) is 42.0 Å². The van der Waals surface area contributed by atoms with Crippen LogP contribution in [0.5, 0.6) is 11.5 Å². The number of benzene rings is 2. The summed E-state index contributed by atoms with van der Waals surface area (Å²) in [4.78, 5) is 4.95. The van der Waals surface area contributed by atoms with Gasteiger partial charge in [0.2, 0.25) is 0 Å². The molecule has 138 valence electrons. The van der Waals surface area contributed by atoms with Crippen LogP contribution in [-0.2, 0) is 6.54 Å². The second-order valence-corrected chi connectivity index (χ2v) is 7.65. The summed E-state index contributed by atoms with van der Waals surface area (Å²) in [7, 11) is 2.20. The van der Waals surface area contributed by atoms with E-state index >= 15 is 0 Å². The van der Waals surface area contributed by atoms with Gasteiger partial charge in [-0.25, -0.2) is 0 Å². The van der Waals surface area contributed by atoms with Gasteiger partial charge in [-0.3, -0.25) is 4.90 Å². The van der Waals surface area contributed by atoms with Gasteiger partial charge in [-0.15, -0.1) is 0 Å². The lowest BCUT2D eigenvalue weighted by Crippen LogP contribution is -2.44. The second-order valence-electron chi connectivity index (χ2n) is 7.65. The van der Waals surface area contributed by atoms with Gasteiger partial charge in [-0.05, 0) is 68.7 Å². The van der Waals surface area contributed by atoms with Crippen molar-refractivity contribution in [1.29, 1.82) is 0 Å². The van der Waals surface area contributed by atoms with E-state index in [0.29, 0.717) is 18.4 Å². The Balaban J connectivity index is 1.65. The van der Waals surface area contributed by atoms with E-state index in [1.54, 1.807) is 0 Å². The van der Waals surface area contributed by atoms with E-state index < -0.39 is 0 Å². The van der Waals surface area contributed by atoms with Gasteiger partial charge < -0.3 is 14.7 Å². The molecule has 2 aromatic rings. The third-order valence-electron chi connectivity index (χ3n) is 5.81. The van der Waals surface area contributed by atoms with Crippen LogP contribution < -0.4 is 4.74 Å². The highest BCUT2D eigenvalue weighted by atomic mass is 16.5. The number of hydrogen-bond donors (Lipinski definition) is 1. The Kier molecular flexibility index (Phi) is 4.88. The summed E-state index contributed by atoms with van der Waals surface area (Å²) in [5, 5.41) is 10.6. The Bertz CT molecular complexity index is 782. The highest BCUT2D eigenvalue weighted by Crippen LogP contribution is 2.39. The topological polar surface area (TPSA) is 35.9 Å². The zero-order valence-electron chi connectivity index (χ0n) is 15.7. The van der Waals surface area contributed by atoms with Crippen molar-refractivity contribution in [2.45, 2.75) is 32.4 Å². The summed E-state index contributed by atoms with van der Waals surface area (Å²) in [5.41, 5.74) is 4.54. The number of phenolic OH excluding ortho intramolecular Hbond substituents is 1. The normalized spacial score (nSPS) is 19.6. The molecular weight excluding hydrogens is 324 g/mol. The Morgan fingerprint density at radius 1 is 1.08 bits per heavy atom. The third kappa shape index (κ3) is 3.44. The highest BCUT2D eigenvalue weighted by molar-refractivity contribution is 5.71. The molecule has 1 fully saturated rings. The van der Waals surface area contributed by atoms with Crippen molar-refractivity contribution >= 4 is 0 Å². The maximum absolute atomic E-state index is 10.6. The summed E-state index contributed by atoms with van der Waals surface area (Å²) in [6.45, 7) is 6.82. The van der Waals surface area contributed by atoms with Crippen LogP contribution in [0.3, 0.4) is 0 Å². The summed E-state index contributed by atoms with van der Waals surface area (Å²) < 4.78 is 5.94. The summed E-state index contributed by atoms with van der Waals surface area (Å²) >= 11 is 0. The molecule has 2 aliphatic heterocycles. The fraction of sp³-hybridized carbons (Fsp3) is 0.455. The number of fused-ring (bicyclic) bond motifs is 1. The molecule has 0 unspecified atom stereocenters. The van der Waals surface area contributed by atoms with Crippen LogP contribution in [0.2, 0.25) is 0 Å².